The SMILES string of the molecule is COc1cccc(OCC(=O)Nc2ccc(-c3ccc(OC)nn3)cc2)c1. The third-order valence-electron chi connectivity index (χ3n) is 3.72. The van der Waals surface area contributed by atoms with Crippen LogP contribution in [0.25, 0.3) is 11.3 Å². The molecule has 0 fully saturated rings. The first kappa shape index (κ1) is 18.2. The minimum absolute atomic E-state index is 0.0983. The standard InChI is InChI=1S/C20H19N3O4/c1-25-16-4-3-5-17(12-16)27-13-19(24)21-15-8-6-14(7-9-15)18-10-11-20(26-2)23-22-18/h3-12H,13H2,1-2H3,(H,21,24). The summed E-state index contributed by atoms with van der Waals surface area (Å²) in [5.41, 5.74) is 2.27. The molecule has 3 aromatic rings. The minimum Gasteiger partial charge on any atom is -0.497 e. The average molecular weight is 365 g/mol. The van der Waals surface area contributed by atoms with Gasteiger partial charge in [-0.3, -0.25) is 4.79 Å². The maximum absolute atomic E-state index is 12.1. The second-order valence-electron chi connectivity index (χ2n) is 5.55. The number of methoxy groups -OCH3 is 2. The highest BCUT2D eigenvalue weighted by Crippen LogP contribution is 2.21. The van der Waals surface area contributed by atoms with Gasteiger partial charge in [0, 0.05) is 23.4 Å². The van der Waals surface area contributed by atoms with E-state index in [0.29, 0.717) is 23.1 Å². The van der Waals surface area contributed by atoms with E-state index in [0.717, 1.165) is 11.3 Å². The monoisotopic (exact) mass is 365 g/mol. The first-order valence-corrected chi connectivity index (χ1v) is 8.23. The topological polar surface area (TPSA) is 82.6 Å². The van der Waals surface area contributed by atoms with Crippen LogP contribution in [0.4, 0.5) is 5.69 Å². The van der Waals surface area contributed by atoms with Crippen molar-refractivity contribution in [2.75, 3.05) is 26.1 Å². The van der Waals surface area contributed by atoms with E-state index in [1.54, 1.807) is 50.6 Å². The largest absolute Gasteiger partial charge is 0.497 e. The number of hydrogen-bond acceptors (Lipinski definition) is 6. The number of nitrogens with zero attached hydrogens (tertiary/aromatic N) is 2. The molecule has 138 valence electrons. The molecule has 2 aromatic carbocycles. The molecule has 1 heterocycles. The van der Waals surface area contributed by atoms with E-state index in [2.05, 4.69) is 15.5 Å². The van der Waals surface area contributed by atoms with Crippen LogP contribution in [0.2, 0.25) is 0 Å². The third-order valence-corrected chi connectivity index (χ3v) is 3.72. The molecule has 0 radical (unpaired) electrons. The molecule has 0 saturated carbocycles. The van der Waals surface area contributed by atoms with E-state index in [1.807, 2.05) is 24.3 Å². The van der Waals surface area contributed by atoms with Gasteiger partial charge in [0.25, 0.3) is 5.91 Å². The van der Waals surface area contributed by atoms with Gasteiger partial charge in [-0.25, -0.2) is 0 Å². The molecule has 0 aliphatic rings. The van der Waals surface area contributed by atoms with Crippen LogP contribution >= 0.6 is 0 Å². The Balaban J connectivity index is 1.56. The van der Waals surface area contributed by atoms with Crippen molar-refractivity contribution < 1.29 is 19.0 Å². The highest BCUT2D eigenvalue weighted by Gasteiger charge is 2.06. The summed E-state index contributed by atoms with van der Waals surface area (Å²) in [5.74, 6) is 1.44. The van der Waals surface area contributed by atoms with Crippen molar-refractivity contribution in [3.63, 3.8) is 0 Å². The van der Waals surface area contributed by atoms with Crippen LogP contribution in [0, 0.1) is 0 Å². The third kappa shape index (κ3) is 4.94. The van der Waals surface area contributed by atoms with Crippen molar-refractivity contribution in [3.05, 3.63) is 60.7 Å². The van der Waals surface area contributed by atoms with E-state index in [4.69, 9.17) is 14.2 Å². The first-order chi connectivity index (χ1) is 13.2. The lowest BCUT2D eigenvalue weighted by Gasteiger charge is -2.09. The smallest absolute Gasteiger partial charge is 0.262 e. The second-order valence-corrected chi connectivity index (χ2v) is 5.55. The normalized spacial score (nSPS) is 10.1. The fourth-order valence-electron chi connectivity index (χ4n) is 2.34. The summed E-state index contributed by atoms with van der Waals surface area (Å²) in [7, 11) is 3.12. The molecular weight excluding hydrogens is 346 g/mol. The number of carbonyl (C=O) groups is 1. The number of nitrogens with one attached hydrogen (secondary N) is 1. The molecule has 0 unspecified atom stereocenters. The maximum atomic E-state index is 12.1. The number of anilines is 1. The predicted octanol–water partition coefficient (Wildman–Crippen LogP) is 3.18. The highest BCUT2D eigenvalue weighted by molar-refractivity contribution is 5.92. The molecule has 0 atom stereocenters. The fourth-order valence-corrected chi connectivity index (χ4v) is 2.34. The molecule has 0 bridgehead atoms. The summed E-state index contributed by atoms with van der Waals surface area (Å²) in [5, 5.41) is 10.8. The number of ether oxygens (including phenoxy) is 3. The van der Waals surface area contributed by atoms with Crippen LogP contribution in [-0.2, 0) is 4.79 Å². The Labute approximate surface area is 156 Å². The lowest BCUT2D eigenvalue weighted by molar-refractivity contribution is -0.118. The first-order valence-electron chi connectivity index (χ1n) is 8.23. The number of amides is 1. The van der Waals surface area contributed by atoms with Crippen molar-refractivity contribution in [2.24, 2.45) is 0 Å². The number of hydrogen-bond donors (Lipinski definition) is 1. The van der Waals surface area contributed by atoms with Crippen molar-refractivity contribution in [1.29, 1.82) is 0 Å². The lowest BCUT2D eigenvalue weighted by Crippen LogP contribution is -2.20. The fraction of sp³-hybridized carbons (Fsp3) is 0.150. The molecule has 3 rings (SSSR count). The van der Waals surface area contributed by atoms with Crippen LogP contribution in [-0.4, -0.2) is 36.9 Å². The van der Waals surface area contributed by atoms with Gasteiger partial charge < -0.3 is 19.5 Å². The van der Waals surface area contributed by atoms with Gasteiger partial charge in [0.05, 0.1) is 19.9 Å². The molecule has 1 N–H and O–H groups in total. The number of carbonyl (C=O) groups excluding carboxylic acids is 1. The summed E-state index contributed by atoms with van der Waals surface area (Å²) in [6, 6.07) is 18.0. The molecule has 7 heteroatoms. The Kier molecular flexibility index (Phi) is 5.84. The molecule has 0 aliphatic heterocycles. The van der Waals surface area contributed by atoms with E-state index in [1.165, 1.54) is 0 Å². The second kappa shape index (κ2) is 8.66. The van der Waals surface area contributed by atoms with Crippen LogP contribution in [0.1, 0.15) is 0 Å². The molecule has 0 saturated heterocycles. The summed E-state index contributed by atoms with van der Waals surface area (Å²) >= 11 is 0. The summed E-state index contributed by atoms with van der Waals surface area (Å²) in [6.07, 6.45) is 0. The zero-order valence-electron chi connectivity index (χ0n) is 15.0. The minimum atomic E-state index is -0.255. The van der Waals surface area contributed by atoms with Crippen molar-refractivity contribution in [2.45, 2.75) is 0 Å². The Morgan fingerprint density at radius 2 is 1.70 bits per heavy atom. The molecule has 27 heavy (non-hydrogen) atoms. The number of aromatic nitrogens is 2. The summed E-state index contributed by atoms with van der Waals surface area (Å²) in [4.78, 5) is 12.1. The number of benzene rings is 2. The zero-order valence-corrected chi connectivity index (χ0v) is 15.0. The van der Waals surface area contributed by atoms with Crippen molar-refractivity contribution in [1.82, 2.24) is 10.2 Å². The molecule has 0 spiro atoms. The number of rotatable bonds is 7. The van der Waals surface area contributed by atoms with Crippen LogP contribution in [0.3, 0.4) is 0 Å². The van der Waals surface area contributed by atoms with E-state index in [9.17, 15) is 4.79 Å². The average Bonchev–Trinajstić information content (AvgIpc) is 2.73. The Morgan fingerprint density at radius 1 is 0.926 bits per heavy atom. The molecule has 7 nitrogen and oxygen atoms in total. The van der Waals surface area contributed by atoms with Gasteiger partial charge in [0.2, 0.25) is 5.88 Å². The van der Waals surface area contributed by atoms with Crippen LogP contribution < -0.4 is 19.5 Å². The lowest BCUT2D eigenvalue weighted by atomic mass is 10.1. The van der Waals surface area contributed by atoms with E-state index < -0.39 is 0 Å². The van der Waals surface area contributed by atoms with Gasteiger partial charge in [-0.1, -0.05) is 18.2 Å². The zero-order chi connectivity index (χ0) is 19.1. The van der Waals surface area contributed by atoms with Gasteiger partial charge in [0.1, 0.15) is 11.5 Å². The molecule has 1 aromatic heterocycles. The van der Waals surface area contributed by atoms with Crippen LogP contribution in [0.15, 0.2) is 60.7 Å². The van der Waals surface area contributed by atoms with Crippen molar-refractivity contribution in [3.8, 4) is 28.6 Å². The van der Waals surface area contributed by atoms with Gasteiger partial charge in [0.15, 0.2) is 6.61 Å². The summed E-state index contributed by atoms with van der Waals surface area (Å²) in [6.45, 7) is -0.0983. The quantitative estimate of drug-likeness (QED) is 0.692. The van der Waals surface area contributed by atoms with Crippen LogP contribution in [0.5, 0.6) is 17.4 Å². The molecule has 1 amide bonds. The van der Waals surface area contributed by atoms with Crippen molar-refractivity contribution >= 4 is 11.6 Å². The Bertz CT molecular complexity index is 896. The Morgan fingerprint density at radius 3 is 2.37 bits per heavy atom. The summed E-state index contributed by atoms with van der Waals surface area (Å²) < 4.78 is 15.6. The van der Waals surface area contributed by atoms with Gasteiger partial charge >= 0.3 is 0 Å². The van der Waals surface area contributed by atoms with Gasteiger partial charge in [-0.05, 0) is 30.3 Å². The molecular formula is C20H19N3O4. The predicted molar refractivity (Wildman–Crippen MR) is 101 cm³/mol. The molecule has 0 aliphatic carbocycles. The van der Waals surface area contributed by atoms with E-state index >= 15 is 0 Å². The van der Waals surface area contributed by atoms with Gasteiger partial charge in [-0.2, -0.15) is 0 Å². The maximum Gasteiger partial charge on any atom is 0.262 e. The van der Waals surface area contributed by atoms with Gasteiger partial charge in [-0.15, -0.1) is 10.2 Å². The highest BCUT2D eigenvalue weighted by atomic mass is 16.5. The van der Waals surface area contributed by atoms with E-state index in [-0.39, 0.29) is 12.5 Å². The Hall–Kier alpha value is -3.61.